The van der Waals surface area contributed by atoms with E-state index in [-0.39, 0.29) is 4.90 Å². The van der Waals surface area contributed by atoms with Crippen LogP contribution < -0.4 is 10.2 Å². The topological polar surface area (TPSA) is 62.3 Å². The van der Waals surface area contributed by atoms with Gasteiger partial charge in [0.1, 0.15) is 5.82 Å². The minimum atomic E-state index is -4.55. The second-order valence-corrected chi connectivity index (χ2v) is 7.82. The van der Waals surface area contributed by atoms with Crippen LogP contribution in [-0.4, -0.2) is 32.2 Å². The number of nitrogens with one attached hydrogen (secondary N) is 1. The lowest BCUT2D eigenvalue weighted by molar-refractivity contribution is 0.234. The quantitative estimate of drug-likeness (QED) is 0.849. The molecule has 1 aliphatic heterocycles. The van der Waals surface area contributed by atoms with Crippen molar-refractivity contribution in [3.8, 4) is 0 Å². The summed E-state index contributed by atoms with van der Waals surface area (Å²) in [6.07, 6.45) is 4.20. The minimum Gasteiger partial charge on any atom is -0.381 e. The molecule has 5 nitrogen and oxygen atoms in total. The molecule has 1 N–H and O–H groups in total. The third kappa shape index (κ3) is 4.07. The van der Waals surface area contributed by atoms with E-state index in [9.17, 15) is 17.2 Å². The van der Waals surface area contributed by atoms with Crippen LogP contribution in [0, 0.1) is 0 Å². The zero-order chi connectivity index (χ0) is 17.9. The molecule has 0 radical (unpaired) electrons. The average molecular weight is 367 g/mol. The molecule has 1 saturated heterocycles. The zero-order valence-corrected chi connectivity index (χ0v) is 14.3. The molecule has 25 heavy (non-hydrogen) atoms. The highest BCUT2D eigenvalue weighted by molar-refractivity contribution is 7.91. The summed E-state index contributed by atoms with van der Waals surface area (Å²) in [5, 5.41) is 3.12. The van der Waals surface area contributed by atoms with Crippen molar-refractivity contribution >= 4 is 21.3 Å². The second-order valence-electron chi connectivity index (χ2n) is 5.90. The molecular formula is C17H19F2N3O2S. The van der Waals surface area contributed by atoms with Gasteiger partial charge in [0.2, 0.25) is 9.84 Å². The Hall–Kier alpha value is -2.22. The van der Waals surface area contributed by atoms with E-state index in [2.05, 4.69) is 15.2 Å². The molecule has 1 fully saturated rings. The lowest BCUT2D eigenvalue weighted by atomic mass is 10.2. The minimum absolute atomic E-state index is 0.385. The monoisotopic (exact) mass is 367 g/mol. The third-order valence-corrected chi connectivity index (χ3v) is 5.55. The maximum absolute atomic E-state index is 12.5. The molecule has 0 aliphatic carbocycles. The Balaban J connectivity index is 1.60. The van der Waals surface area contributed by atoms with Gasteiger partial charge in [0.25, 0.3) is 0 Å². The number of nitrogens with zero attached hydrogens (tertiary/aromatic N) is 2. The van der Waals surface area contributed by atoms with Crippen LogP contribution in [0.4, 0.5) is 20.3 Å². The second kappa shape index (κ2) is 7.35. The van der Waals surface area contributed by atoms with E-state index in [0.717, 1.165) is 24.5 Å². The van der Waals surface area contributed by atoms with Crippen LogP contribution in [0.25, 0.3) is 0 Å². The summed E-state index contributed by atoms with van der Waals surface area (Å²) in [5.74, 6) is -2.44. The van der Waals surface area contributed by atoms with Gasteiger partial charge in [-0.3, -0.25) is 0 Å². The summed E-state index contributed by atoms with van der Waals surface area (Å²) in [7, 11) is -4.55. The molecule has 3 rings (SSSR count). The van der Waals surface area contributed by atoms with E-state index in [1.807, 2.05) is 12.1 Å². The van der Waals surface area contributed by atoms with Crippen LogP contribution in [-0.2, 0) is 16.4 Å². The predicted molar refractivity (Wildman–Crippen MR) is 92.6 cm³/mol. The Kier molecular flexibility index (Phi) is 5.17. The smallest absolute Gasteiger partial charge is 0.341 e. The molecule has 2 aromatic rings. The number of aromatic nitrogens is 1. The van der Waals surface area contributed by atoms with Crippen molar-refractivity contribution in [1.29, 1.82) is 0 Å². The summed E-state index contributed by atoms with van der Waals surface area (Å²) < 4.78 is 47.8. The van der Waals surface area contributed by atoms with Gasteiger partial charge in [0.15, 0.2) is 0 Å². The van der Waals surface area contributed by atoms with Gasteiger partial charge in [-0.2, -0.15) is 8.78 Å². The van der Waals surface area contributed by atoms with E-state index >= 15 is 0 Å². The number of anilines is 2. The molecule has 8 heteroatoms. The highest BCUT2D eigenvalue weighted by Crippen LogP contribution is 2.21. The van der Waals surface area contributed by atoms with Crippen LogP contribution in [0.1, 0.15) is 18.4 Å². The fourth-order valence-corrected chi connectivity index (χ4v) is 3.45. The van der Waals surface area contributed by atoms with E-state index in [0.29, 0.717) is 12.2 Å². The van der Waals surface area contributed by atoms with E-state index in [1.165, 1.54) is 37.1 Å². The summed E-state index contributed by atoms with van der Waals surface area (Å²) in [5.41, 5.74) is 1.63. The molecule has 0 unspecified atom stereocenters. The fourth-order valence-electron chi connectivity index (χ4n) is 2.72. The van der Waals surface area contributed by atoms with E-state index in [4.69, 9.17) is 0 Å². The number of sulfone groups is 1. The molecule has 0 saturated carbocycles. The molecule has 0 spiro atoms. The Morgan fingerprint density at radius 2 is 1.76 bits per heavy atom. The van der Waals surface area contributed by atoms with Crippen LogP contribution in [0.15, 0.2) is 47.5 Å². The molecule has 134 valence electrons. The first kappa shape index (κ1) is 17.6. The maximum atomic E-state index is 12.5. The molecule has 2 heterocycles. The Bertz CT molecular complexity index is 803. The summed E-state index contributed by atoms with van der Waals surface area (Å²) in [6.45, 7) is 2.59. The molecule has 1 aliphatic rings. The van der Waals surface area contributed by atoms with Crippen LogP contribution in [0.3, 0.4) is 0 Å². The SMILES string of the molecule is O=S(=O)(c1ccc(NCc2ccc(N3CCCC3)nc2)cc1)C(F)F. The van der Waals surface area contributed by atoms with Gasteiger partial charge in [0.05, 0.1) is 4.90 Å². The van der Waals surface area contributed by atoms with Gasteiger partial charge in [-0.15, -0.1) is 0 Å². The molecule has 1 aromatic carbocycles. The lowest BCUT2D eigenvalue weighted by Crippen LogP contribution is -2.18. The standard InChI is InChI=1S/C17H19F2N3O2S/c18-17(19)25(23,24)15-6-4-14(5-7-15)20-11-13-3-8-16(21-12-13)22-9-1-2-10-22/h3-8,12,17,20H,1-2,9-11H2. The number of halogens is 2. The molecule has 0 atom stereocenters. The van der Waals surface area contributed by atoms with Crippen molar-refractivity contribution in [2.75, 3.05) is 23.3 Å². The van der Waals surface area contributed by atoms with Crippen molar-refractivity contribution in [2.24, 2.45) is 0 Å². The number of alkyl halides is 2. The number of pyridine rings is 1. The normalized spacial score (nSPS) is 14.9. The van der Waals surface area contributed by atoms with Gasteiger partial charge in [-0.25, -0.2) is 13.4 Å². The van der Waals surface area contributed by atoms with Gasteiger partial charge in [-0.1, -0.05) is 6.07 Å². The number of benzene rings is 1. The van der Waals surface area contributed by atoms with Gasteiger partial charge in [-0.05, 0) is 48.7 Å². The molecular weight excluding hydrogens is 348 g/mol. The highest BCUT2D eigenvalue weighted by Gasteiger charge is 2.26. The van der Waals surface area contributed by atoms with Crippen molar-refractivity contribution in [3.63, 3.8) is 0 Å². The van der Waals surface area contributed by atoms with Crippen molar-refractivity contribution < 1.29 is 17.2 Å². The van der Waals surface area contributed by atoms with E-state index < -0.39 is 15.6 Å². The highest BCUT2D eigenvalue weighted by atomic mass is 32.2. The van der Waals surface area contributed by atoms with Crippen molar-refractivity contribution in [3.05, 3.63) is 48.2 Å². The summed E-state index contributed by atoms with van der Waals surface area (Å²) >= 11 is 0. The van der Waals surface area contributed by atoms with Crippen molar-refractivity contribution in [2.45, 2.75) is 30.0 Å². The molecule has 0 bridgehead atoms. The van der Waals surface area contributed by atoms with Crippen LogP contribution in [0.2, 0.25) is 0 Å². The Morgan fingerprint density at radius 1 is 1.08 bits per heavy atom. The largest absolute Gasteiger partial charge is 0.381 e. The third-order valence-electron chi connectivity index (χ3n) is 4.15. The summed E-state index contributed by atoms with van der Waals surface area (Å²) in [6, 6.07) is 9.28. The Labute approximate surface area is 145 Å². The number of hydrogen-bond donors (Lipinski definition) is 1. The first-order valence-electron chi connectivity index (χ1n) is 8.03. The number of hydrogen-bond acceptors (Lipinski definition) is 5. The predicted octanol–water partition coefficient (Wildman–Crippen LogP) is 3.29. The summed E-state index contributed by atoms with van der Waals surface area (Å²) in [4.78, 5) is 6.33. The van der Waals surface area contributed by atoms with Crippen LogP contribution >= 0.6 is 0 Å². The number of rotatable bonds is 6. The van der Waals surface area contributed by atoms with Crippen molar-refractivity contribution in [1.82, 2.24) is 4.98 Å². The lowest BCUT2D eigenvalue weighted by Gasteiger charge is -2.16. The first-order chi connectivity index (χ1) is 12.0. The maximum Gasteiger partial charge on any atom is 0.341 e. The first-order valence-corrected chi connectivity index (χ1v) is 9.57. The molecule has 0 amide bonds. The van der Waals surface area contributed by atoms with Gasteiger partial charge >= 0.3 is 5.76 Å². The molecule has 1 aromatic heterocycles. The average Bonchev–Trinajstić information content (AvgIpc) is 3.15. The van der Waals surface area contributed by atoms with Gasteiger partial charge in [0, 0.05) is 31.5 Å². The van der Waals surface area contributed by atoms with Crippen LogP contribution in [0.5, 0.6) is 0 Å². The van der Waals surface area contributed by atoms with Gasteiger partial charge < -0.3 is 10.2 Å². The zero-order valence-electron chi connectivity index (χ0n) is 13.5. The fraction of sp³-hybridized carbons (Fsp3) is 0.353. The Morgan fingerprint density at radius 3 is 2.32 bits per heavy atom. The van der Waals surface area contributed by atoms with E-state index in [1.54, 1.807) is 6.20 Å².